The lowest BCUT2D eigenvalue weighted by Gasteiger charge is -2.21. The zero-order chi connectivity index (χ0) is 17.5. The second-order valence-electron chi connectivity index (χ2n) is 6.61. The highest BCUT2D eigenvalue weighted by atomic mass is 127. The first kappa shape index (κ1) is 17.7. The van der Waals surface area contributed by atoms with Crippen LogP contribution in [0.25, 0.3) is 5.57 Å². The number of halogens is 1. The molecule has 1 saturated carbocycles. The summed E-state index contributed by atoms with van der Waals surface area (Å²) in [4.78, 5) is 12.4. The fourth-order valence-electron chi connectivity index (χ4n) is 2.69. The first-order valence-electron chi connectivity index (χ1n) is 7.74. The summed E-state index contributed by atoms with van der Waals surface area (Å²) in [5, 5.41) is 0. The van der Waals surface area contributed by atoms with Crippen LogP contribution in [0.1, 0.15) is 32.3 Å². The lowest BCUT2D eigenvalue weighted by Crippen LogP contribution is -2.22. The van der Waals surface area contributed by atoms with Crippen LogP contribution >= 0.6 is 22.6 Å². The predicted molar refractivity (Wildman–Crippen MR) is 98.3 cm³/mol. The smallest absolute Gasteiger partial charge is 0.374 e. The number of benzene rings is 1. The molecule has 0 unspecified atom stereocenters. The third-order valence-corrected chi connectivity index (χ3v) is 7.91. The number of esters is 1. The molecule has 1 fully saturated rings. The number of carbonyl (C=O) groups excluding carboxylic acids is 1. The molecule has 1 aromatic carbocycles. The minimum Gasteiger partial charge on any atom is -0.486 e. The number of alkyl halides is 1. The van der Waals surface area contributed by atoms with Crippen molar-refractivity contribution in [3.8, 4) is 0 Å². The normalized spacial score (nSPS) is 20.2. The van der Waals surface area contributed by atoms with Crippen LogP contribution < -0.4 is 0 Å². The van der Waals surface area contributed by atoms with Gasteiger partial charge in [-0.3, -0.25) is 0 Å². The van der Waals surface area contributed by atoms with E-state index >= 15 is 0 Å². The van der Waals surface area contributed by atoms with Crippen molar-refractivity contribution >= 4 is 44.0 Å². The second-order valence-corrected chi connectivity index (χ2v) is 10.4. The number of ether oxygens (including phenoxy) is 2. The monoisotopic (exact) mass is 462 g/mol. The van der Waals surface area contributed by atoms with Gasteiger partial charge in [0.2, 0.25) is 5.76 Å². The topological polar surface area (TPSA) is 69.7 Å². The molecule has 1 heterocycles. The molecule has 5 nitrogen and oxygen atoms in total. The Morgan fingerprint density at radius 1 is 1.25 bits per heavy atom. The fourth-order valence-corrected chi connectivity index (χ4v) is 4.45. The summed E-state index contributed by atoms with van der Waals surface area (Å²) in [6.45, 7) is 4.14. The molecule has 1 aliphatic carbocycles. The van der Waals surface area contributed by atoms with Gasteiger partial charge in [-0.1, -0.05) is 34.7 Å². The Bertz CT molecular complexity index is 789. The van der Waals surface area contributed by atoms with E-state index in [4.69, 9.17) is 9.47 Å². The molecule has 0 bridgehead atoms. The maximum absolute atomic E-state index is 12.2. The van der Waals surface area contributed by atoms with E-state index in [0.717, 1.165) is 18.4 Å². The van der Waals surface area contributed by atoms with Crippen LogP contribution in [0.4, 0.5) is 0 Å². The van der Waals surface area contributed by atoms with Gasteiger partial charge in [-0.05, 0) is 50.3 Å². The summed E-state index contributed by atoms with van der Waals surface area (Å²) in [6.07, 6.45) is 2.26. The quantitative estimate of drug-likeness (QED) is 0.369. The predicted octanol–water partition coefficient (Wildman–Crippen LogP) is 3.33. The minimum absolute atomic E-state index is 0.0235. The molecule has 7 heteroatoms. The molecule has 0 saturated heterocycles. The van der Waals surface area contributed by atoms with Crippen molar-refractivity contribution in [2.45, 2.75) is 37.2 Å². The van der Waals surface area contributed by atoms with Crippen molar-refractivity contribution in [2.24, 2.45) is 5.92 Å². The van der Waals surface area contributed by atoms with Gasteiger partial charge in [-0.2, -0.15) is 0 Å². The summed E-state index contributed by atoms with van der Waals surface area (Å²) in [5.41, 5.74) is 0.607. The summed E-state index contributed by atoms with van der Waals surface area (Å²) >= 11 is 1.83. The maximum Gasteiger partial charge on any atom is 0.374 e. The minimum atomic E-state index is -3.26. The molecular weight excluding hydrogens is 443 g/mol. The van der Waals surface area contributed by atoms with E-state index in [1.54, 1.807) is 24.3 Å². The number of hydrogen-bond acceptors (Lipinski definition) is 5. The van der Waals surface area contributed by atoms with Gasteiger partial charge in [0, 0.05) is 0 Å². The van der Waals surface area contributed by atoms with Crippen molar-refractivity contribution in [1.29, 1.82) is 0 Å². The first-order valence-corrected chi connectivity index (χ1v) is 10.9. The van der Waals surface area contributed by atoms with Crippen LogP contribution in [-0.4, -0.2) is 30.4 Å². The summed E-state index contributed by atoms with van der Waals surface area (Å²) in [7, 11) is -3.26. The third kappa shape index (κ3) is 3.46. The Morgan fingerprint density at radius 3 is 2.42 bits per heavy atom. The molecule has 24 heavy (non-hydrogen) atoms. The SMILES string of the molecule is CC1(C)OC(=O)C(OCC2CC2)=C1c1ccc(S(=O)(=O)CI)cc1. The van der Waals surface area contributed by atoms with E-state index in [1.165, 1.54) is 0 Å². The second kappa shape index (κ2) is 6.33. The standard InChI is InChI=1S/C17H19IO5S/c1-17(2)14(15(16(19)23-17)22-9-11-3-4-11)12-5-7-13(8-6-12)24(20,21)10-18/h5-8,11H,3-4,9-10H2,1-2H3. The molecule has 0 radical (unpaired) electrons. The Morgan fingerprint density at radius 2 is 1.88 bits per heavy atom. The van der Waals surface area contributed by atoms with Gasteiger partial charge in [0.05, 0.1) is 17.1 Å². The fraction of sp³-hybridized carbons (Fsp3) is 0.471. The summed E-state index contributed by atoms with van der Waals surface area (Å²) in [5.74, 6) is 0.308. The maximum atomic E-state index is 12.2. The molecule has 1 aromatic rings. The van der Waals surface area contributed by atoms with Gasteiger partial charge in [0.25, 0.3) is 0 Å². The molecular formula is C17H19IO5S. The van der Waals surface area contributed by atoms with Crippen LogP contribution in [0.2, 0.25) is 0 Å². The zero-order valence-corrected chi connectivity index (χ0v) is 16.5. The van der Waals surface area contributed by atoms with Gasteiger partial charge in [0.15, 0.2) is 9.84 Å². The van der Waals surface area contributed by atoms with Crippen molar-refractivity contribution in [3.05, 3.63) is 35.6 Å². The molecule has 0 atom stereocenters. The molecule has 0 N–H and O–H groups in total. The molecule has 3 rings (SSSR count). The molecule has 0 amide bonds. The van der Waals surface area contributed by atoms with E-state index in [2.05, 4.69) is 0 Å². The highest BCUT2D eigenvalue weighted by molar-refractivity contribution is 14.1. The molecule has 0 spiro atoms. The van der Waals surface area contributed by atoms with Crippen LogP contribution in [0.15, 0.2) is 34.9 Å². The zero-order valence-electron chi connectivity index (χ0n) is 13.5. The van der Waals surface area contributed by atoms with Gasteiger partial charge >= 0.3 is 5.97 Å². The average Bonchev–Trinajstić information content (AvgIpc) is 3.31. The third-order valence-electron chi connectivity index (χ3n) is 4.17. The van der Waals surface area contributed by atoms with E-state index < -0.39 is 21.4 Å². The van der Waals surface area contributed by atoms with E-state index in [9.17, 15) is 13.2 Å². The average molecular weight is 462 g/mol. The number of hydrogen-bond donors (Lipinski definition) is 0. The Hall–Kier alpha value is -1.09. The summed E-state index contributed by atoms with van der Waals surface area (Å²) in [6, 6.07) is 6.54. The van der Waals surface area contributed by atoms with Crippen LogP contribution in [-0.2, 0) is 24.1 Å². The number of cyclic esters (lactones) is 1. The lowest BCUT2D eigenvalue weighted by atomic mass is 9.92. The highest BCUT2D eigenvalue weighted by Gasteiger charge is 2.43. The first-order chi connectivity index (χ1) is 11.2. The van der Waals surface area contributed by atoms with Gasteiger partial charge in [-0.15, -0.1) is 0 Å². The van der Waals surface area contributed by atoms with E-state index in [0.29, 0.717) is 18.1 Å². The van der Waals surface area contributed by atoms with Crippen molar-refractivity contribution in [1.82, 2.24) is 0 Å². The van der Waals surface area contributed by atoms with Gasteiger partial charge < -0.3 is 9.47 Å². The molecule has 0 aromatic heterocycles. The molecule has 130 valence electrons. The van der Waals surface area contributed by atoms with Crippen molar-refractivity contribution < 1.29 is 22.7 Å². The number of sulfone groups is 1. The van der Waals surface area contributed by atoms with E-state index in [1.807, 2.05) is 36.4 Å². The largest absolute Gasteiger partial charge is 0.486 e. The van der Waals surface area contributed by atoms with Crippen LogP contribution in [0, 0.1) is 5.92 Å². The Labute approximate surface area is 155 Å². The Balaban J connectivity index is 1.97. The van der Waals surface area contributed by atoms with Crippen molar-refractivity contribution in [2.75, 3.05) is 10.4 Å². The van der Waals surface area contributed by atoms with E-state index in [-0.39, 0.29) is 14.4 Å². The van der Waals surface area contributed by atoms with Gasteiger partial charge in [-0.25, -0.2) is 13.2 Å². The molecule has 1 aliphatic heterocycles. The molecule has 2 aliphatic rings. The highest BCUT2D eigenvalue weighted by Crippen LogP contribution is 2.41. The Kier molecular flexibility index (Phi) is 4.67. The lowest BCUT2D eigenvalue weighted by molar-refractivity contribution is -0.147. The van der Waals surface area contributed by atoms with Crippen LogP contribution in [0.3, 0.4) is 0 Å². The van der Waals surface area contributed by atoms with Crippen LogP contribution in [0.5, 0.6) is 0 Å². The van der Waals surface area contributed by atoms with Crippen molar-refractivity contribution in [3.63, 3.8) is 0 Å². The summed E-state index contributed by atoms with van der Waals surface area (Å²) < 4.78 is 35.1. The number of carbonyl (C=O) groups is 1. The van der Waals surface area contributed by atoms with Gasteiger partial charge in [0.1, 0.15) is 9.36 Å². The number of rotatable bonds is 6.